The number of carbonyl (C=O) groups excluding carboxylic acids is 2. The van der Waals surface area contributed by atoms with E-state index in [-0.39, 0.29) is 18.3 Å². The molecule has 1 saturated heterocycles. The number of amides is 2. The van der Waals surface area contributed by atoms with Crippen LogP contribution in [0.15, 0.2) is 72.8 Å². The molecular formula is C29H30FN5O4. The van der Waals surface area contributed by atoms with E-state index in [0.29, 0.717) is 42.1 Å². The first-order valence-corrected chi connectivity index (χ1v) is 13.0. The van der Waals surface area contributed by atoms with Crippen LogP contribution < -0.4 is 15.0 Å². The van der Waals surface area contributed by atoms with Gasteiger partial charge in [0, 0.05) is 13.2 Å². The second kappa shape index (κ2) is 12.0. The molecular weight excluding hydrogens is 501 g/mol. The molecule has 1 fully saturated rings. The number of hydrogen-bond acceptors (Lipinski definition) is 6. The van der Waals surface area contributed by atoms with E-state index in [0.717, 1.165) is 12.8 Å². The van der Waals surface area contributed by atoms with Gasteiger partial charge in [-0.3, -0.25) is 14.5 Å². The normalized spacial score (nSPS) is 15.7. The maximum atomic E-state index is 15.3. The predicted octanol–water partition coefficient (Wildman–Crippen LogP) is 4.04. The first-order valence-electron chi connectivity index (χ1n) is 13.0. The smallest absolute Gasteiger partial charge is 0.249 e. The number of fused-ring (bicyclic) bond motifs is 1. The fraction of sp³-hybridized carbons (Fsp3) is 0.310. The molecule has 5 rings (SSSR count). The van der Waals surface area contributed by atoms with Crippen LogP contribution in [-0.4, -0.2) is 52.7 Å². The van der Waals surface area contributed by atoms with E-state index in [4.69, 9.17) is 9.47 Å². The van der Waals surface area contributed by atoms with Crippen LogP contribution in [0.2, 0.25) is 0 Å². The molecule has 2 amide bonds. The molecule has 0 aliphatic carbocycles. The molecule has 0 radical (unpaired) electrons. The summed E-state index contributed by atoms with van der Waals surface area (Å²) in [5.74, 6) is -0.980. The summed E-state index contributed by atoms with van der Waals surface area (Å²) in [6, 6.07) is 18.9. The molecule has 2 heterocycles. The van der Waals surface area contributed by atoms with Gasteiger partial charge in [-0.1, -0.05) is 41.6 Å². The third-order valence-corrected chi connectivity index (χ3v) is 6.63. The summed E-state index contributed by atoms with van der Waals surface area (Å²) < 4.78 is 27.9. The zero-order valence-corrected chi connectivity index (χ0v) is 21.6. The molecule has 0 spiro atoms. The zero-order chi connectivity index (χ0) is 27.2. The Bertz CT molecular complexity index is 1440. The molecule has 1 aromatic heterocycles. The van der Waals surface area contributed by atoms with Gasteiger partial charge in [0.1, 0.15) is 29.7 Å². The molecule has 4 aromatic rings. The van der Waals surface area contributed by atoms with Crippen molar-refractivity contribution in [2.45, 2.75) is 38.5 Å². The fourth-order valence-corrected chi connectivity index (χ4v) is 4.75. The largest absolute Gasteiger partial charge is 0.494 e. The van der Waals surface area contributed by atoms with E-state index in [9.17, 15) is 9.59 Å². The van der Waals surface area contributed by atoms with Crippen LogP contribution in [0.5, 0.6) is 5.75 Å². The van der Waals surface area contributed by atoms with Crippen LogP contribution in [0.4, 0.5) is 10.1 Å². The summed E-state index contributed by atoms with van der Waals surface area (Å²) >= 11 is 0. The van der Waals surface area contributed by atoms with Crippen molar-refractivity contribution in [1.82, 2.24) is 20.3 Å². The van der Waals surface area contributed by atoms with Crippen molar-refractivity contribution in [2.24, 2.45) is 0 Å². The first-order chi connectivity index (χ1) is 19.0. The SMILES string of the molecule is CCOc1ccc(C(C(=O)NCC2CCCO2)N(C(=O)Cn2nnc3ccccc32)c2ccccc2F)cc1. The maximum absolute atomic E-state index is 15.3. The van der Waals surface area contributed by atoms with Gasteiger partial charge in [-0.25, -0.2) is 9.07 Å². The molecule has 1 N–H and O–H groups in total. The summed E-state index contributed by atoms with van der Waals surface area (Å²) in [5.41, 5.74) is 1.77. The Morgan fingerprint density at radius 1 is 1.13 bits per heavy atom. The standard InChI is InChI=1S/C29H30FN5O4/c1-2-38-21-15-13-20(14-16-21)28(29(37)31-18-22-8-7-17-39-22)35(25-11-5-3-9-23(25)30)27(36)19-34-26-12-6-4-10-24(26)32-33-34/h3-6,9-16,22,28H,2,7-8,17-19H2,1H3,(H,31,37). The average Bonchev–Trinajstić information content (AvgIpc) is 3.62. The Morgan fingerprint density at radius 2 is 1.90 bits per heavy atom. The third-order valence-electron chi connectivity index (χ3n) is 6.63. The summed E-state index contributed by atoms with van der Waals surface area (Å²) in [5, 5.41) is 11.2. The lowest BCUT2D eigenvalue weighted by molar-refractivity contribution is -0.127. The van der Waals surface area contributed by atoms with E-state index in [2.05, 4.69) is 15.6 Å². The van der Waals surface area contributed by atoms with E-state index in [1.165, 1.54) is 27.8 Å². The van der Waals surface area contributed by atoms with Crippen LogP contribution in [-0.2, 0) is 20.9 Å². The Morgan fingerprint density at radius 3 is 2.64 bits per heavy atom. The molecule has 2 unspecified atom stereocenters. The molecule has 1 aliphatic rings. The highest BCUT2D eigenvalue weighted by Gasteiger charge is 2.35. The topological polar surface area (TPSA) is 98.6 Å². The van der Waals surface area contributed by atoms with Gasteiger partial charge in [0.05, 0.1) is 23.9 Å². The number of anilines is 1. The van der Waals surface area contributed by atoms with Gasteiger partial charge in [-0.05, 0) is 61.7 Å². The minimum Gasteiger partial charge on any atom is -0.494 e. The molecule has 39 heavy (non-hydrogen) atoms. The minimum absolute atomic E-state index is 0.0157. The highest BCUT2D eigenvalue weighted by molar-refractivity contribution is 6.01. The molecule has 3 aromatic carbocycles. The van der Waals surface area contributed by atoms with E-state index in [1.807, 2.05) is 19.1 Å². The maximum Gasteiger partial charge on any atom is 0.249 e. The highest BCUT2D eigenvalue weighted by Crippen LogP contribution is 2.31. The van der Waals surface area contributed by atoms with Gasteiger partial charge >= 0.3 is 0 Å². The second-order valence-electron chi connectivity index (χ2n) is 9.24. The number of nitrogens with zero attached hydrogens (tertiary/aromatic N) is 4. The van der Waals surface area contributed by atoms with Gasteiger partial charge in [0.2, 0.25) is 11.8 Å². The molecule has 9 nitrogen and oxygen atoms in total. The number of para-hydroxylation sites is 2. The van der Waals surface area contributed by atoms with Crippen LogP contribution >= 0.6 is 0 Å². The summed E-state index contributed by atoms with van der Waals surface area (Å²) in [7, 11) is 0. The second-order valence-corrected chi connectivity index (χ2v) is 9.24. The van der Waals surface area contributed by atoms with Gasteiger partial charge < -0.3 is 14.8 Å². The van der Waals surface area contributed by atoms with Crippen LogP contribution in [0, 0.1) is 5.82 Å². The van der Waals surface area contributed by atoms with Gasteiger partial charge in [0.25, 0.3) is 0 Å². The summed E-state index contributed by atoms with van der Waals surface area (Å²) in [4.78, 5) is 29.0. The molecule has 1 aliphatic heterocycles. The summed E-state index contributed by atoms with van der Waals surface area (Å²) in [6.07, 6.45) is 1.66. The van der Waals surface area contributed by atoms with Crippen LogP contribution in [0.25, 0.3) is 11.0 Å². The van der Waals surface area contributed by atoms with Crippen molar-refractivity contribution in [1.29, 1.82) is 0 Å². The van der Waals surface area contributed by atoms with Crippen molar-refractivity contribution in [3.05, 3.63) is 84.2 Å². The number of rotatable bonds is 10. The zero-order valence-electron chi connectivity index (χ0n) is 21.6. The average molecular weight is 532 g/mol. The van der Waals surface area contributed by atoms with E-state index >= 15 is 4.39 Å². The van der Waals surface area contributed by atoms with Crippen molar-refractivity contribution in [3.63, 3.8) is 0 Å². The molecule has 10 heteroatoms. The lowest BCUT2D eigenvalue weighted by Gasteiger charge is -2.32. The summed E-state index contributed by atoms with van der Waals surface area (Å²) in [6.45, 7) is 3.05. The number of halogens is 1. The fourth-order valence-electron chi connectivity index (χ4n) is 4.75. The molecule has 0 saturated carbocycles. The van der Waals surface area contributed by atoms with Crippen LogP contribution in [0.1, 0.15) is 31.4 Å². The van der Waals surface area contributed by atoms with E-state index < -0.39 is 23.7 Å². The Hall–Kier alpha value is -4.31. The number of nitrogens with one attached hydrogen (secondary N) is 1. The van der Waals surface area contributed by atoms with Crippen molar-refractivity contribution >= 4 is 28.5 Å². The van der Waals surface area contributed by atoms with E-state index in [1.54, 1.807) is 42.5 Å². The Kier molecular flexibility index (Phi) is 8.12. The number of ether oxygens (including phenoxy) is 2. The number of benzene rings is 3. The monoisotopic (exact) mass is 531 g/mol. The third kappa shape index (κ3) is 5.91. The van der Waals surface area contributed by atoms with Gasteiger partial charge in [-0.15, -0.1) is 5.10 Å². The molecule has 0 bridgehead atoms. The Labute approximate surface area is 225 Å². The number of hydrogen-bond donors (Lipinski definition) is 1. The minimum atomic E-state index is -1.17. The lowest BCUT2D eigenvalue weighted by Crippen LogP contribution is -2.47. The van der Waals surface area contributed by atoms with Crippen molar-refractivity contribution in [2.75, 3.05) is 24.7 Å². The highest BCUT2D eigenvalue weighted by atomic mass is 19.1. The Balaban J connectivity index is 1.54. The number of carbonyl (C=O) groups is 2. The molecule has 202 valence electrons. The molecule has 2 atom stereocenters. The number of aromatic nitrogens is 3. The van der Waals surface area contributed by atoms with Gasteiger partial charge in [0.15, 0.2) is 0 Å². The van der Waals surface area contributed by atoms with Crippen molar-refractivity contribution < 1.29 is 23.5 Å². The quantitative estimate of drug-likeness (QED) is 0.332. The van der Waals surface area contributed by atoms with Crippen LogP contribution in [0.3, 0.4) is 0 Å². The van der Waals surface area contributed by atoms with Gasteiger partial charge in [-0.2, -0.15) is 0 Å². The lowest BCUT2D eigenvalue weighted by atomic mass is 10.0. The van der Waals surface area contributed by atoms with Crippen molar-refractivity contribution in [3.8, 4) is 5.75 Å². The first kappa shape index (κ1) is 26.3. The predicted molar refractivity (Wildman–Crippen MR) is 144 cm³/mol.